The summed E-state index contributed by atoms with van der Waals surface area (Å²) < 4.78 is 34.4. The predicted octanol–water partition coefficient (Wildman–Crippen LogP) is 6.46. The Morgan fingerprint density at radius 3 is 2.56 bits per heavy atom. The maximum absolute atomic E-state index is 13.0. The highest BCUT2D eigenvalue weighted by atomic mass is 32.2. The van der Waals surface area contributed by atoms with Gasteiger partial charge in [-0.3, -0.25) is 5.10 Å². The molecule has 0 bridgehead atoms. The van der Waals surface area contributed by atoms with Gasteiger partial charge in [0, 0.05) is 17.7 Å². The first kappa shape index (κ1) is 26.1. The molecule has 0 fully saturated rings. The van der Waals surface area contributed by atoms with Crippen molar-refractivity contribution in [2.45, 2.75) is 50.8 Å². The molecule has 6 nitrogen and oxygen atoms in total. The zero-order valence-electron chi connectivity index (χ0n) is 20.8. The van der Waals surface area contributed by atoms with Gasteiger partial charge in [-0.05, 0) is 67.5 Å². The Hall–Kier alpha value is -2.94. The minimum Gasteiger partial charge on any atom is -0.494 e. The summed E-state index contributed by atoms with van der Waals surface area (Å²) in [4.78, 5) is 1.33. The number of rotatable bonds is 13. The molecule has 4 rings (SSSR count). The van der Waals surface area contributed by atoms with E-state index in [1.807, 2.05) is 60.8 Å². The molecule has 8 heteroatoms. The van der Waals surface area contributed by atoms with Crippen LogP contribution in [-0.4, -0.2) is 31.8 Å². The molecule has 0 aliphatic carbocycles. The number of H-pyrrole nitrogens is 1. The third-order valence-electron chi connectivity index (χ3n) is 6.03. The van der Waals surface area contributed by atoms with Crippen LogP contribution in [0.2, 0.25) is 0 Å². The van der Waals surface area contributed by atoms with Gasteiger partial charge in [0.2, 0.25) is 10.0 Å². The molecule has 2 N–H and O–H groups in total. The first-order valence-electron chi connectivity index (χ1n) is 12.4. The van der Waals surface area contributed by atoms with E-state index in [2.05, 4.69) is 21.8 Å². The molecule has 2 aromatic heterocycles. The molecule has 2 heterocycles. The van der Waals surface area contributed by atoms with E-state index in [0.717, 1.165) is 46.0 Å². The second-order valence-corrected chi connectivity index (χ2v) is 11.3. The number of ether oxygens (including phenoxy) is 1. The lowest BCUT2D eigenvalue weighted by atomic mass is 10.0. The first-order chi connectivity index (χ1) is 17.5. The van der Waals surface area contributed by atoms with Crippen molar-refractivity contribution >= 4 is 21.4 Å². The van der Waals surface area contributed by atoms with Gasteiger partial charge in [0.15, 0.2) is 0 Å². The highest BCUT2D eigenvalue weighted by molar-refractivity contribution is 7.89. The largest absolute Gasteiger partial charge is 0.494 e. The van der Waals surface area contributed by atoms with Crippen LogP contribution in [0.4, 0.5) is 0 Å². The number of benzene rings is 2. The third-order valence-corrected chi connectivity index (χ3v) is 8.38. The van der Waals surface area contributed by atoms with E-state index in [0.29, 0.717) is 13.0 Å². The molecule has 0 atom stereocenters. The van der Waals surface area contributed by atoms with Gasteiger partial charge in [-0.2, -0.15) is 5.10 Å². The van der Waals surface area contributed by atoms with Crippen LogP contribution in [0.1, 0.15) is 44.2 Å². The predicted molar refractivity (Wildman–Crippen MR) is 147 cm³/mol. The zero-order chi connectivity index (χ0) is 25.4. The first-order valence-corrected chi connectivity index (χ1v) is 14.8. The normalized spacial score (nSPS) is 11.6. The van der Waals surface area contributed by atoms with Gasteiger partial charge in [0.25, 0.3) is 0 Å². The van der Waals surface area contributed by atoms with Gasteiger partial charge in [0.1, 0.15) is 11.4 Å². The van der Waals surface area contributed by atoms with Gasteiger partial charge in [0.05, 0.1) is 22.1 Å². The standard InChI is InChI=1S/C28H33N3O3S2/c1-3-5-6-9-21-13-15-24(16-14-21)36(32,33)29-18-17-25-27(22-10-7-11-23(20-22)34-4-2)30-31-28(25)26-12-8-19-35-26/h7-8,10-16,19-20,29H,3-6,9,17-18H2,1-2H3,(H,30,31). The fourth-order valence-corrected chi connectivity index (χ4v) is 5.95. The molecule has 0 amide bonds. The summed E-state index contributed by atoms with van der Waals surface area (Å²) in [5.41, 5.74) is 4.81. The minimum atomic E-state index is -3.61. The van der Waals surface area contributed by atoms with E-state index in [4.69, 9.17) is 4.74 Å². The molecule has 0 saturated carbocycles. The number of nitrogens with zero attached hydrogens (tertiary/aromatic N) is 1. The summed E-state index contributed by atoms with van der Waals surface area (Å²) in [6.07, 6.45) is 4.93. The van der Waals surface area contributed by atoms with Crippen molar-refractivity contribution in [2.75, 3.05) is 13.2 Å². The molecule has 0 aliphatic heterocycles. The van der Waals surface area contributed by atoms with Crippen LogP contribution >= 0.6 is 11.3 Å². The Kier molecular flexibility index (Phi) is 8.96. The van der Waals surface area contributed by atoms with E-state index in [1.54, 1.807) is 23.5 Å². The lowest BCUT2D eigenvalue weighted by Crippen LogP contribution is -2.26. The summed E-state index contributed by atoms with van der Waals surface area (Å²) in [6, 6.07) is 19.1. The van der Waals surface area contributed by atoms with Crippen LogP contribution in [0.25, 0.3) is 21.8 Å². The summed E-state index contributed by atoms with van der Waals surface area (Å²) in [5, 5.41) is 9.78. The van der Waals surface area contributed by atoms with Crippen LogP contribution in [0.5, 0.6) is 5.75 Å². The maximum atomic E-state index is 13.0. The Labute approximate surface area is 217 Å². The molecule has 0 saturated heterocycles. The maximum Gasteiger partial charge on any atom is 0.240 e. The molecule has 0 aliphatic rings. The summed E-state index contributed by atoms with van der Waals surface area (Å²) in [7, 11) is -3.61. The van der Waals surface area contributed by atoms with Gasteiger partial charge >= 0.3 is 0 Å². The van der Waals surface area contributed by atoms with Crippen LogP contribution in [0.15, 0.2) is 70.9 Å². The molecule has 0 spiro atoms. The average molecular weight is 524 g/mol. The highest BCUT2D eigenvalue weighted by Crippen LogP contribution is 2.34. The quantitative estimate of drug-likeness (QED) is 0.197. The van der Waals surface area contributed by atoms with E-state index >= 15 is 0 Å². The van der Waals surface area contributed by atoms with Crippen molar-refractivity contribution in [3.63, 3.8) is 0 Å². The molecule has 4 aromatic rings. The topological polar surface area (TPSA) is 84.1 Å². The Morgan fingerprint density at radius 2 is 1.83 bits per heavy atom. The van der Waals surface area contributed by atoms with Crippen molar-refractivity contribution in [2.24, 2.45) is 0 Å². The number of unbranched alkanes of at least 4 members (excludes halogenated alkanes) is 2. The number of thiophene rings is 1. The van der Waals surface area contributed by atoms with Crippen molar-refractivity contribution in [1.29, 1.82) is 0 Å². The molecule has 0 unspecified atom stereocenters. The summed E-state index contributed by atoms with van der Waals surface area (Å²) in [5.74, 6) is 0.784. The number of hydrogen-bond acceptors (Lipinski definition) is 5. The van der Waals surface area contributed by atoms with Gasteiger partial charge in [-0.15, -0.1) is 11.3 Å². The van der Waals surface area contributed by atoms with Crippen LogP contribution in [-0.2, 0) is 22.9 Å². The Balaban J connectivity index is 1.51. The second-order valence-electron chi connectivity index (χ2n) is 8.61. The zero-order valence-corrected chi connectivity index (χ0v) is 22.4. The highest BCUT2D eigenvalue weighted by Gasteiger charge is 2.19. The van der Waals surface area contributed by atoms with Crippen LogP contribution < -0.4 is 9.46 Å². The smallest absolute Gasteiger partial charge is 0.240 e. The SMILES string of the molecule is CCCCCc1ccc(S(=O)(=O)NCCc2c(-c3cccs3)n[nH]c2-c2cccc(OCC)c2)cc1. The molecule has 36 heavy (non-hydrogen) atoms. The number of sulfonamides is 1. The van der Waals surface area contributed by atoms with E-state index < -0.39 is 10.0 Å². The second kappa shape index (κ2) is 12.3. The summed E-state index contributed by atoms with van der Waals surface area (Å²) in [6.45, 7) is 4.97. The molecule has 2 aromatic carbocycles. The average Bonchev–Trinajstić information content (AvgIpc) is 3.55. The fraction of sp³-hybridized carbons (Fsp3) is 0.321. The van der Waals surface area contributed by atoms with E-state index in [1.165, 1.54) is 18.4 Å². The van der Waals surface area contributed by atoms with E-state index in [9.17, 15) is 8.42 Å². The number of hydrogen-bond donors (Lipinski definition) is 2. The Morgan fingerprint density at radius 1 is 1.00 bits per heavy atom. The van der Waals surface area contributed by atoms with Gasteiger partial charge < -0.3 is 4.74 Å². The number of aryl methyl sites for hydroxylation is 1. The third kappa shape index (κ3) is 6.43. The molecule has 0 radical (unpaired) electrons. The summed E-state index contributed by atoms with van der Waals surface area (Å²) >= 11 is 1.61. The monoisotopic (exact) mass is 523 g/mol. The van der Waals surface area contributed by atoms with Crippen LogP contribution in [0, 0.1) is 0 Å². The van der Waals surface area contributed by atoms with Crippen LogP contribution in [0.3, 0.4) is 0 Å². The number of aromatic amines is 1. The lowest BCUT2D eigenvalue weighted by molar-refractivity contribution is 0.340. The van der Waals surface area contributed by atoms with Crippen molar-refractivity contribution in [1.82, 2.24) is 14.9 Å². The number of nitrogens with one attached hydrogen (secondary N) is 2. The van der Waals surface area contributed by atoms with Crippen molar-refractivity contribution in [3.8, 4) is 27.6 Å². The van der Waals surface area contributed by atoms with Gasteiger partial charge in [-0.1, -0.05) is 50.1 Å². The molecular weight excluding hydrogens is 490 g/mol. The van der Waals surface area contributed by atoms with Crippen molar-refractivity contribution in [3.05, 3.63) is 77.2 Å². The fourth-order valence-electron chi connectivity index (χ4n) is 4.18. The van der Waals surface area contributed by atoms with Crippen molar-refractivity contribution < 1.29 is 13.2 Å². The lowest BCUT2D eigenvalue weighted by Gasteiger charge is -2.10. The van der Waals surface area contributed by atoms with Gasteiger partial charge in [-0.25, -0.2) is 13.1 Å². The minimum absolute atomic E-state index is 0.261. The Bertz CT molecular complexity index is 1350. The molecular formula is C28H33N3O3S2. The van der Waals surface area contributed by atoms with E-state index in [-0.39, 0.29) is 11.4 Å². The number of aromatic nitrogens is 2. The molecule has 190 valence electrons.